The Kier molecular flexibility index (Phi) is 23.6. The predicted octanol–water partition coefficient (Wildman–Crippen LogP) is -2.95. The molecule has 438 valence electrons. The number of aromatic amines is 1. The molecule has 1 fully saturated rings. The highest BCUT2D eigenvalue weighted by atomic mass is 33.1. The van der Waals surface area contributed by atoms with Gasteiger partial charge in [0.15, 0.2) is 0 Å². The van der Waals surface area contributed by atoms with Crippen LogP contribution in [-0.4, -0.2) is 199 Å². The largest absolute Gasteiger partial charge is 0.493 e. The Morgan fingerprint density at radius 2 is 1.57 bits per heavy atom. The highest BCUT2D eigenvalue weighted by molar-refractivity contribution is 8.76. The van der Waals surface area contributed by atoms with Gasteiger partial charge in [-0.2, -0.15) is 0 Å². The van der Waals surface area contributed by atoms with E-state index in [1.54, 1.807) is 74.4 Å². The number of H-pyrrole nitrogens is 1. The van der Waals surface area contributed by atoms with Crippen LogP contribution < -0.4 is 53.0 Å². The van der Waals surface area contributed by atoms with Gasteiger partial charge in [0.2, 0.25) is 53.2 Å². The molecule has 27 nitrogen and oxygen atoms in total. The fourth-order valence-electron chi connectivity index (χ4n) is 8.72. The summed E-state index contributed by atoms with van der Waals surface area (Å²) < 4.78 is 26.3. The number of nitrogens with one attached hydrogen (secondary N) is 9. The molecule has 0 spiro atoms. The molecule has 10 amide bonds. The Balaban J connectivity index is 1.59. The van der Waals surface area contributed by atoms with E-state index < -0.39 is 187 Å². The minimum Gasteiger partial charge on any atom is -0.493 e. The van der Waals surface area contributed by atoms with Crippen LogP contribution in [0.1, 0.15) is 72.8 Å². The Morgan fingerprint density at radius 3 is 2.24 bits per heavy atom. The van der Waals surface area contributed by atoms with Crippen molar-refractivity contribution in [2.45, 2.75) is 133 Å². The molecule has 0 saturated carbocycles. The van der Waals surface area contributed by atoms with E-state index in [2.05, 4.69) is 47.5 Å². The van der Waals surface area contributed by atoms with Crippen LogP contribution in [0.25, 0.3) is 10.9 Å². The van der Waals surface area contributed by atoms with Gasteiger partial charge in [0.1, 0.15) is 52.6 Å². The summed E-state index contributed by atoms with van der Waals surface area (Å²) in [5, 5.41) is 52.0. The molecule has 11 atom stereocenters. The topological polar surface area (TPSA) is 408 Å². The summed E-state index contributed by atoms with van der Waals surface area (Å²) in [6.45, 7) is 7.75. The van der Waals surface area contributed by atoms with Crippen LogP contribution in [0.2, 0.25) is 0 Å². The van der Waals surface area contributed by atoms with Crippen molar-refractivity contribution in [2.75, 3.05) is 56.7 Å². The van der Waals surface area contributed by atoms with E-state index in [9.17, 15) is 67.5 Å². The van der Waals surface area contributed by atoms with Crippen LogP contribution in [0.5, 0.6) is 5.75 Å². The van der Waals surface area contributed by atoms with Crippen molar-refractivity contribution in [2.24, 2.45) is 17.6 Å². The lowest BCUT2D eigenvalue weighted by Crippen LogP contribution is -2.62. The highest BCUT2D eigenvalue weighted by Crippen LogP contribution is 2.31. The first-order valence-corrected chi connectivity index (χ1v) is 29.6. The lowest BCUT2D eigenvalue weighted by Gasteiger charge is -2.32. The average Bonchev–Trinajstić information content (AvgIpc) is 4.05. The molecule has 3 aliphatic heterocycles. The van der Waals surface area contributed by atoms with E-state index in [4.69, 9.17) is 15.2 Å². The van der Waals surface area contributed by atoms with Crippen LogP contribution in [0.3, 0.4) is 0 Å². The van der Waals surface area contributed by atoms with Crippen molar-refractivity contribution in [3.63, 3.8) is 0 Å². The van der Waals surface area contributed by atoms with Crippen molar-refractivity contribution in [1.82, 2.24) is 52.4 Å². The molecule has 2 bridgehead atoms. The zero-order chi connectivity index (χ0) is 58.3. The molecule has 1 aromatic carbocycles. The fraction of sp³-hybridized carbons (Fsp3) is 0.633. The van der Waals surface area contributed by atoms with Gasteiger partial charge in [-0.25, -0.2) is 4.79 Å². The second-order valence-corrected chi connectivity index (χ2v) is 24.5. The number of hydrogen-bond donors (Lipinski definition) is 13. The van der Waals surface area contributed by atoms with Crippen molar-refractivity contribution in [1.29, 1.82) is 0 Å². The SMILES string of the molecule is CC[C@H](C)[C@@H]1NC(=O)CNC(=O)C2Cc3c([nH]c4cc(OCCCSSCCNC(=O)OC(C)(C)C)ccc34)[S@](=O)CC(NC(=O)CNC1=O)C(=O)N[C@@H](CC(N)=O)C(=O)N1CC(O)C[C@H]1C(=O)N[C@@H]([C@@H](C)[C@@H](O)CO)C(=O)N2. The molecule has 1 aromatic heterocycles. The molecule has 0 aliphatic carbocycles. The molecule has 4 heterocycles. The van der Waals surface area contributed by atoms with E-state index >= 15 is 0 Å². The molecule has 0 radical (unpaired) electrons. The van der Waals surface area contributed by atoms with Gasteiger partial charge in [0.25, 0.3) is 0 Å². The minimum atomic E-state index is -2.40. The van der Waals surface area contributed by atoms with Crippen molar-refractivity contribution in [3.8, 4) is 5.75 Å². The summed E-state index contributed by atoms with van der Waals surface area (Å²) in [6.07, 6.45) is -4.35. The maximum atomic E-state index is 15.0. The second-order valence-electron chi connectivity index (χ2n) is 20.4. The number of rotatable bonds is 16. The first-order valence-electron chi connectivity index (χ1n) is 25.8. The number of aliphatic hydroxyl groups is 3. The van der Waals surface area contributed by atoms with Crippen LogP contribution in [0.4, 0.5) is 4.79 Å². The Morgan fingerprint density at radius 1 is 0.886 bits per heavy atom. The number of ether oxygens (including phenoxy) is 2. The van der Waals surface area contributed by atoms with E-state index in [0.717, 1.165) is 4.90 Å². The molecular formula is C49H73N11O16S3. The number of aromatic nitrogens is 1. The third-order valence-electron chi connectivity index (χ3n) is 13.1. The summed E-state index contributed by atoms with van der Waals surface area (Å²) in [6, 6.07) is -5.23. The molecule has 3 aliphatic rings. The maximum absolute atomic E-state index is 15.0. The zero-order valence-electron chi connectivity index (χ0n) is 44.8. The Bertz CT molecular complexity index is 2600. The van der Waals surface area contributed by atoms with Gasteiger partial charge in [-0.1, -0.05) is 48.8 Å². The zero-order valence-corrected chi connectivity index (χ0v) is 47.3. The summed E-state index contributed by atoms with van der Waals surface area (Å²) in [7, 11) is 0.735. The molecule has 3 unspecified atom stereocenters. The van der Waals surface area contributed by atoms with E-state index in [0.29, 0.717) is 47.5 Å². The lowest BCUT2D eigenvalue weighted by molar-refractivity contribution is -0.144. The number of fused-ring (bicyclic) bond motifs is 5. The molecule has 2 aromatic rings. The van der Waals surface area contributed by atoms with Crippen LogP contribution in [0.15, 0.2) is 23.2 Å². The fourth-order valence-corrected chi connectivity index (χ4v) is 12.1. The smallest absolute Gasteiger partial charge is 0.407 e. The van der Waals surface area contributed by atoms with Crippen molar-refractivity contribution < 1.29 is 76.9 Å². The van der Waals surface area contributed by atoms with Gasteiger partial charge < -0.3 is 82.9 Å². The summed E-state index contributed by atoms with van der Waals surface area (Å²) in [5.74, 6) is -10.1. The van der Waals surface area contributed by atoms with Crippen LogP contribution in [0, 0.1) is 11.8 Å². The second kappa shape index (κ2) is 29.3. The molecule has 14 N–H and O–H groups in total. The number of benzene rings is 1. The highest BCUT2D eigenvalue weighted by Gasteiger charge is 2.45. The molecular weight excluding hydrogens is 1090 g/mol. The van der Waals surface area contributed by atoms with Gasteiger partial charge in [-0.05, 0) is 50.8 Å². The van der Waals surface area contributed by atoms with Crippen molar-refractivity contribution >= 4 is 103 Å². The normalized spacial score (nSPS) is 25.4. The number of alkyl carbamates (subject to hydrolysis) is 1. The number of carbonyl (C=O) groups is 10. The number of carbonyl (C=O) groups excluding carboxylic acids is 10. The first kappa shape index (κ1) is 63.6. The van der Waals surface area contributed by atoms with E-state index in [-0.39, 0.29) is 17.2 Å². The third kappa shape index (κ3) is 18.4. The first-order chi connectivity index (χ1) is 37.3. The predicted molar refractivity (Wildman–Crippen MR) is 290 cm³/mol. The Hall–Kier alpha value is -6.21. The summed E-state index contributed by atoms with van der Waals surface area (Å²) >= 11 is 0. The average molecular weight is 1170 g/mol. The standard InChI is InChI=1S/C49H73N11O16S3/c1-7-24(2)39-44(70)53-19-37(65)54-33-23-79(74)46-29(28-10-9-27(16-30(28)57-46)75-12-8-13-77-78-14-11-51-48(73)76-49(4,5)6)17-31(41(67)52-20-38(66)58-39)55-45(71)40(25(3)35(63)22-61)59-43(69)34-15-26(62)21-60(34)47(72)32(18-36(50)64)56-42(33)68/h9-10,16,24-26,31-35,39-40,57,61-63H,7-8,11-15,17-23H2,1-6H3,(H2,50,64)(H,51,73)(H,52,67)(H,53,70)(H,54,65)(H,55,71)(H,56,68)(H,58,66)(H,59,69)/t24-,25-,26?,31?,32-,33?,34-,35-,39-,40-,79+/m0/s1. The van der Waals surface area contributed by atoms with Gasteiger partial charge in [0.05, 0.1) is 67.0 Å². The third-order valence-corrected chi connectivity index (χ3v) is 17.0. The number of nitrogens with zero attached hydrogens (tertiary/aromatic N) is 1. The van der Waals surface area contributed by atoms with E-state index in [1.807, 2.05) is 0 Å². The Labute approximate surface area is 466 Å². The summed E-state index contributed by atoms with van der Waals surface area (Å²) in [4.78, 5) is 142. The minimum absolute atomic E-state index is 0.123. The van der Waals surface area contributed by atoms with Gasteiger partial charge in [-0.3, -0.25) is 47.4 Å². The monoisotopic (exact) mass is 1170 g/mol. The van der Waals surface area contributed by atoms with E-state index in [1.165, 1.54) is 6.92 Å². The van der Waals surface area contributed by atoms with Gasteiger partial charge >= 0.3 is 6.09 Å². The van der Waals surface area contributed by atoms with Gasteiger partial charge in [-0.15, -0.1) is 0 Å². The quantitative estimate of drug-likeness (QED) is 0.0590. The van der Waals surface area contributed by atoms with Gasteiger partial charge in [0, 0.05) is 54.8 Å². The number of aliphatic hydroxyl groups excluding tert-OH is 3. The molecule has 5 rings (SSSR count). The maximum Gasteiger partial charge on any atom is 0.407 e. The van der Waals surface area contributed by atoms with Crippen LogP contribution in [-0.2, 0) is 65.1 Å². The number of nitrogens with two attached hydrogens (primary N) is 1. The number of hydrogen-bond acceptors (Lipinski definition) is 18. The molecule has 30 heteroatoms. The van der Waals surface area contributed by atoms with Crippen LogP contribution >= 0.6 is 21.6 Å². The molecule has 1 saturated heterocycles. The van der Waals surface area contributed by atoms with Crippen molar-refractivity contribution in [3.05, 3.63) is 23.8 Å². The lowest BCUT2D eigenvalue weighted by atomic mass is 9.93. The number of amides is 10. The molecule has 79 heavy (non-hydrogen) atoms. The number of primary amides is 1. The summed E-state index contributed by atoms with van der Waals surface area (Å²) in [5.41, 5.74) is 5.36.